The SMILES string of the molecule is CCc1c(C)c(C#N)c2nc3ccccc3n2c1N1CCN(S(=O)(=O)c2ccc(F)cc2)CC1. The van der Waals surface area contributed by atoms with E-state index in [2.05, 4.69) is 17.9 Å². The summed E-state index contributed by atoms with van der Waals surface area (Å²) in [6.07, 6.45) is 0.729. The molecule has 9 heteroatoms. The highest BCUT2D eigenvalue weighted by Crippen LogP contribution is 2.34. The quantitative estimate of drug-likeness (QED) is 0.446. The maximum Gasteiger partial charge on any atom is 0.243 e. The van der Waals surface area contributed by atoms with Crippen molar-refractivity contribution in [1.29, 1.82) is 5.26 Å². The number of pyridine rings is 1. The molecule has 7 nitrogen and oxygen atoms in total. The van der Waals surface area contributed by atoms with Gasteiger partial charge in [-0.3, -0.25) is 4.40 Å². The van der Waals surface area contributed by atoms with E-state index in [-0.39, 0.29) is 4.90 Å². The van der Waals surface area contributed by atoms with Gasteiger partial charge in [0.2, 0.25) is 10.0 Å². The third kappa shape index (κ3) is 3.42. The zero-order valence-corrected chi connectivity index (χ0v) is 19.8. The number of nitrogens with zero attached hydrogens (tertiary/aromatic N) is 5. The Morgan fingerprint density at radius 3 is 2.38 bits per heavy atom. The van der Waals surface area contributed by atoms with Crippen LogP contribution in [0.3, 0.4) is 0 Å². The lowest BCUT2D eigenvalue weighted by molar-refractivity contribution is 0.383. The van der Waals surface area contributed by atoms with Crippen LogP contribution in [0, 0.1) is 24.1 Å². The minimum absolute atomic E-state index is 0.0915. The molecule has 2 aromatic carbocycles. The van der Waals surface area contributed by atoms with E-state index in [1.54, 1.807) is 0 Å². The van der Waals surface area contributed by atoms with Crippen LogP contribution < -0.4 is 4.90 Å². The summed E-state index contributed by atoms with van der Waals surface area (Å²) in [5.74, 6) is 0.491. The second-order valence-electron chi connectivity index (χ2n) is 8.37. The fourth-order valence-corrected chi connectivity index (χ4v) is 6.24. The third-order valence-corrected chi connectivity index (χ3v) is 8.46. The van der Waals surface area contributed by atoms with E-state index in [9.17, 15) is 18.1 Å². The molecule has 34 heavy (non-hydrogen) atoms. The first-order chi connectivity index (χ1) is 16.4. The van der Waals surface area contributed by atoms with E-state index >= 15 is 0 Å². The molecule has 0 atom stereocenters. The van der Waals surface area contributed by atoms with Gasteiger partial charge in [0.25, 0.3) is 0 Å². The van der Waals surface area contributed by atoms with E-state index < -0.39 is 15.8 Å². The number of para-hydroxylation sites is 2. The van der Waals surface area contributed by atoms with Crippen LogP contribution in [0.2, 0.25) is 0 Å². The Kier molecular flexibility index (Phi) is 5.50. The Bertz CT molecular complexity index is 1550. The van der Waals surface area contributed by atoms with Gasteiger partial charge in [0.1, 0.15) is 17.7 Å². The van der Waals surface area contributed by atoms with Crippen molar-refractivity contribution in [2.24, 2.45) is 0 Å². The summed E-state index contributed by atoms with van der Waals surface area (Å²) < 4.78 is 42.9. The van der Waals surface area contributed by atoms with E-state index in [4.69, 9.17) is 4.98 Å². The second-order valence-corrected chi connectivity index (χ2v) is 10.3. The highest BCUT2D eigenvalue weighted by molar-refractivity contribution is 7.89. The molecule has 1 saturated heterocycles. The van der Waals surface area contributed by atoms with E-state index in [0.717, 1.165) is 46.5 Å². The van der Waals surface area contributed by atoms with Gasteiger partial charge in [-0.25, -0.2) is 17.8 Å². The summed E-state index contributed by atoms with van der Waals surface area (Å²) in [6.45, 7) is 5.59. The normalized spacial score (nSPS) is 15.2. The molecular weight excluding hydrogens is 453 g/mol. The Balaban J connectivity index is 1.57. The van der Waals surface area contributed by atoms with Gasteiger partial charge in [-0.1, -0.05) is 19.1 Å². The molecular formula is C25H24FN5O2S. The molecule has 0 saturated carbocycles. The number of hydrogen-bond acceptors (Lipinski definition) is 5. The van der Waals surface area contributed by atoms with Crippen LogP contribution in [-0.2, 0) is 16.4 Å². The van der Waals surface area contributed by atoms with Crippen molar-refractivity contribution in [3.63, 3.8) is 0 Å². The van der Waals surface area contributed by atoms with Crippen LogP contribution in [0.4, 0.5) is 10.2 Å². The van der Waals surface area contributed by atoms with Gasteiger partial charge in [-0.2, -0.15) is 9.57 Å². The molecule has 1 aliphatic heterocycles. The lowest BCUT2D eigenvalue weighted by atomic mass is 10.0. The Morgan fingerprint density at radius 1 is 1.06 bits per heavy atom. The van der Waals surface area contributed by atoms with Crippen molar-refractivity contribution in [2.75, 3.05) is 31.1 Å². The molecule has 2 aromatic heterocycles. The van der Waals surface area contributed by atoms with Crippen LogP contribution in [0.15, 0.2) is 53.4 Å². The fraction of sp³-hybridized carbons (Fsp3) is 0.280. The van der Waals surface area contributed by atoms with Crippen molar-refractivity contribution in [3.05, 3.63) is 71.0 Å². The van der Waals surface area contributed by atoms with E-state index in [1.807, 2.05) is 35.6 Å². The molecule has 5 rings (SSSR count). The van der Waals surface area contributed by atoms with E-state index in [0.29, 0.717) is 37.4 Å². The van der Waals surface area contributed by atoms with Gasteiger partial charge in [0.15, 0.2) is 5.65 Å². The van der Waals surface area contributed by atoms with Gasteiger partial charge in [-0.15, -0.1) is 0 Å². The molecule has 0 unspecified atom stereocenters. The number of imidazole rings is 1. The van der Waals surface area contributed by atoms with Gasteiger partial charge in [0, 0.05) is 26.2 Å². The van der Waals surface area contributed by atoms with Crippen molar-refractivity contribution < 1.29 is 12.8 Å². The maximum atomic E-state index is 13.3. The predicted octanol–water partition coefficient (Wildman–Crippen LogP) is 3.88. The Hall–Kier alpha value is -3.48. The summed E-state index contributed by atoms with van der Waals surface area (Å²) in [4.78, 5) is 7.03. The van der Waals surface area contributed by atoms with Crippen molar-refractivity contribution in [3.8, 4) is 6.07 Å². The minimum Gasteiger partial charge on any atom is -0.355 e. The van der Waals surface area contributed by atoms with Crippen LogP contribution in [0.25, 0.3) is 16.7 Å². The summed E-state index contributed by atoms with van der Waals surface area (Å²) in [5.41, 5.74) is 4.88. The first kappa shape index (κ1) is 22.3. The molecule has 1 fully saturated rings. The van der Waals surface area contributed by atoms with Crippen molar-refractivity contribution in [1.82, 2.24) is 13.7 Å². The zero-order valence-electron chi connectivity index (χ0n) is 19.0. The van der Waals surface area contributed by atoms with Crippen LogP contribution in [0.5, 0.6) is 0 Å². The molecule has 0 N–H and O–H groups in total. The van der Waals surface area contributed by atoms with Crippen molar-refractivity contribution >= 4 is 32.5 Å². The third-order valence-electron chi connectivity index (χ3n) is 6.55. The van der Waals surface area contributed by atoms with Crippen LogP contribution in [-0.4, -0.2) is 48.3 Å². The van der Waals surface area contributed by atoms with Gasteiger partial charge < -0.3 is 4.90 Å². The summed E-state index contributed by atoms with van der Waals surface area (Å²) in [6, 6.07) is 15.1. The number of benzene rings is 2. The van der Waals surface area contributed by atoms with Gasteiger partial charge in [0.05, 0.1) is 21.5 Å². The highest BCUT2D eigenvalue weighted by Gasteiger charge is 2.31. The first-order valence-electron chi connectivity index (χ1n) is 11.2. The number of fused-ring (bicyclic) bond motifs is 3. The molecule has 0 bridgehead atoms. The number of sulfonamides is 1. The number of piperazine rings is 1. The summed E-state index contributed by atoms with van der Waals surface area (Å²) in [7, 11) is -3.71. The number of anilines is 1. The molecule has 0 aliphatic carbocycles. The number of hydrogen-bond donors (Lipinski definition) is 0. The average Bonchev–Trinajstić information content (AvgIpc) is 3.22. The lowest BCUT2D eigenvalue weighted by Crippen LogP contribution is -2.49. The second kappa shape index (κ2) is 8.38. The van der Waals surface area contributed by atoms with Crippen molar-refractivity contribution in [2.45, 2.75) is 25.2 Å². The smallest absolute Gasteiger partial charge is 0.243 e. The number of rotatable bonds is 4. The fourth-order valence-electron chi connectivity index (χ4n) is 4.81. The Labute approximate surface area is 197 Å². The van der Waals surface area contributed by atoms with Gasteiger partial charge >= 0.3 is 0 Å². The standard InChI is InChI=1S/C25H24FN5O2S/c1-3-20-17(2)21(16-27)24-28-22-6-4-5-7-23(22)31(24)25(20)29-12-14-30(15-13-29)34(32,33)19-10-8-18(26)9-11-19/h4-11H,3,12-15H2,1-2H3. The average molecular weight is 478 g/mol. The molecule has 1 aliphatic rings. The predicted molar refractivity (Wildman–Crippen MR) is 129 cm³/mol. The number of nitriles is 1. The number of aromatic nitrogens is 2. The molecule has 4 aromatic rings. The monoisotopic (exact) mass is 477 g/mol. The van der Waals surface area contributed by atoms with E-state index in [1.165, 1.54) is 16.4 Å². The van der Waals surface area contributed by atoms with Gasteiger partial charge in [-0.05, 0) is 60.9 Å². The molecule has 0 radical (unpaired) electrons. The zero-order chi connectivity index (χ0) is 24.0. The Morgan fingerprint density at radius 2 is 1.74 bits per heavy atom. The largest absolute Gasteiger partial charge is 0.355 e. The lowest BCUT2D eigenvalue weighted by Gasteiger charge is -2.37. The molecule has 0 amide bonds. The summed E-state index contributed by atoms with van der Waals surface area (Å²) in [5, 5.41) is 9.90. The maximum absolute atomic E-state index is 13.3. The van der Waals surface area contributed by atoms with Crippen LogP contribution in [0.1, 0.15) is 23.6 Å². The summed E-state index contributed by atoms with van der Waals surface area (Å²) >= 11 is 0. The minimum atomic E-state index is -3.71. The molecule has 0 spiro atoms. The molecule has 3 heterocycles. The number of halogens is 1. The molecule has 174 valence electrons. The first-order valence-corrected chi connectivity index (χ1v) is 12.6. The topological polar surface area (TPSA) is 81.7 Å². The highest BCUT2D eigenvalue weighted by atomic mass is 32.2. The van der Waals surface area contributed by atoms with Crippen LogP contribution >= 0.6 is 0 Å².